The molecular weight excluding hydrogens is 394 g/mol. The molecule has 0 radical (unpaired) electrons. The van der Waals surface area contributed by atoms with Gasteiger partial charge in [-0.15, -0.1) is 0 Å². The van der Waals surface area contributed by atoms with E-state index in [2.05, 4.69) is 15.5 Å². The van der Waals surface area contributed by atoms with Crippen molar-refractivity contribution in [2.75, 3.05) is 13.3 Å². The number of hydrogen-bond acceptors (Lipinski definition) is 7. The van der Waals surface area contributed by atoms with Crippen LogP contribution in [-0.2, 0) is 20.0 Å². The Bertz CT molecular complexity index is 1250. The molecule has 0 bridgehead atoms. The number of sulfone groups is 1. The molecule has 142 valence electrons. The van der Waals surface area contributed by atoms with Gasteiger partial charge in [-0.05, 0) is 30.3 Å². The number of benzene rings is 2. The highest BCUT2D eigenvalue weighted by molar-refractivity contribution is 7.92. The van der Waals surface area contributed by atoms with E-state index in [0.29, 0.717) is 10.9 Å². The highest BCUT2D eigenvalue weighted by atomic mass is 32.2. The van der Waals surface area contributed by atoms with E-state index >= 15 is 0 Å². The maximum atomic E-state index is 12.6. The van der Waals surface area contributed by atoms with Crippen molar-refractivity contribution in [1.82, 2.24) is 15.5 Å². The third kappa shape index (κ3) is 3.64. The fraction of sp³-hybridized carbons (Fsp3) is 0.125. The Labute approximate surface area is 155 Å². The van der Waals surface area contributed by atoms with Gasteiger partial charge in [0.1, 0.15) is 10.6 Å². The minimum Gasteiger partial charge on any atom is -0.379 e. The Morgan fingerprint density at radius 3 is 2.37 bits per heavy atom. The Balaban J connectivity index is 2.06. The zero-order chi connectivity index (χ0) is 19.8. The van der Waals surface area contributed by atoms with E-state index in [0.717, 1.165) is 12.3 Å². The predicted molar refractivity (Wildman–Crippen MR) is 96.8 cm³/mol. The number of carbonyl (C=O) groups excluding carboxylic acids is 1. The quantitative estimate of drug-likeness (QED) is 0.602. The molecule has 0 unspecified atom stereocenters. The largest absolute Gasteiger partial charge is 0.379 e. The lowest BCUT2D eigenvalue weighted by Gasteiger charge is -2.10. The van der Waals surface area contributed by atoms with Crippen LogP contribution in [0.15, 0.2) is 52.3 Å². The second-order valence-corrected chi connectivity index (χ2v) is 9.11. The van der Waals surface area contributed by atoms with E-state index in [1.54, 1.807) is 0 Å². The van der Waals surface area contributed by atoms with Gasteiger partial charge in [-0.1, -0.05) is 12.1 Å². The lowest BCUT2D eigenvalue weighted by molar-refractivity contribution is 0.0959. The van der Waals surface area contributed by atoms with Crippen LogP contribution in [0.4, 0.5) is 0 Å². The molecular formula is C16H15N3O6S2. The molecule has 1 aromatic heterocycles. The lowest BCUT2D eigenvalue weighted by atomic mass is 10.2. The van der Waals surface area contributed by atoms with Gasteiger partial charge < -0.3 is 9.50 Å². The second-order valence-electron chi connectivity index (χ2n) is 5.62. The predicted octanol–water partition coefficient (Wildman–Crippen LogP) is 1.09. The van der Waals surface area contributed by atoms with Crippen LogP contribution in [0.2, 0.25) is 0 Å². The summed E-state index contributed by atoms with van der Waals surface area (Å²) in [6, 6.07) is 9.36. The summed E-state index contributed by atoms with van der Waals surface area (Å²) in [6.07, 6.45) is 0.911. The topological polar surface area (TPSA) is 135 Å². The second kappa shape index (κ2) is 6.67. The number of aromatic nitrogens is 2. The Morgan fingerprint density at radius 1 is 1.07 bits per heavy atom. The van der Waals surface area contributed by atoms with Crippen LogP contribution in [-0.4, -0.2) is 46.2 Å². The van der Waals surface area contributed by atoms with Crippen molar-refractivity contribution in [3.63, 3.8) is 0 Å². The van der Waals surface area contributed by atoms with Gasteiger partial charge in [0, 0.05) is 18.7 Å². The number of rotatable bonds is 5. The zero-order valence-electron chi connectivity index (χ0n) is 14.3. The molecule has 0 fully saturated rings. The maximum Gasteiger partial charge on any atom is 0.340 e. The smallest absolute Gasteiger partial charge is 0.340 e. The minimum absolute atomic E-state index is 0.0758. The van der Waals surface area contributed by atoms with Crippen LogP contribution in [0.5, 0.6) is 5.75 Å². The fourth-order valence-electron chi connectivity index (χ4n) is 2.47. The molecule has 1 heterocycles. The van der Waals surface area contributed by atoms with Crippen LogP contribution in [0.25, 0.3) is 10.9 Å². The van der Waals surface area contributed by atoms with Crippen LogP contribution in [0.1, 0.15) is 10.5 Å². The molecule has 27 heavy (non-hydrogen) atoms. The molecule has 0 saturated carbocycles. The molecule has 0 aliphatic heterocycles. The van der Waals surface area contributed by atoms with Crippen molar-refractivity contribution in [2.45, 2.75) is 9.79 Å². The summed E-state index contributed by atoms with van der Waals surface area (Å²) >= 11 is 0. The molecule has 2 N–H and O–H groups in total. The first-order valence-corrected chi connectivity index (χ1v) is 10.9. The van der Waals surface area contributed by atoms with Crippen molar-refractivity contribution in [3.8, 4) is 5.75 Å². The number of nitrogens with one attached hydrogen (secondary N) is 2. The summed E-state index contributed by atoms with van der Waals surface area (Å²) in [7, 11) is -6.77. The van der Waals surface area contributed by atoms with Gasteiger partial charge in [0.05, 0.1) is 10.4 Å². The van der Waals surface area contributed by atoms with Crippen molar-refractivity contribution in [3.05, 3.63) is 48.2 Å². The number of aromatic amines is 1. The first kappa shape index (κ1) is 18.9. The molecule has 0 aliphatic rings. The normalized spacial score (nSPS) is 12.1. The molecule has 0 saturated heterocycles. The van der Waals surface area contributed by atoms with Gasteiger partial charge >= 0.3 is 10.1 Å². The molecule has 1 amide bonds. The molecule has 11 heteroatoms. The lowest BCUT2D eigenvalue weighted by Crippen LogP contribution is -2.18. The number of nitrogens with zero attached hydrogens (tertiary/aromatic N) is 1. The first-order valence-electron chi connectivity index (χ1n) is 7.57. The van der Waals surface area contributed by atoms with E-state index < -0.39 is 30.8 Å². The van der Waals surface area contributed by atoms with Gasteiger partial charge in [-0.3, -0.25) is 9.89 Å². The third-order valence-corrected chi connectivity index (χ3v) is 6.29. The average molecular weight is 409 g/mol. The summed E-state index contributed by atoms with van der Waals surface area (Å²) in [4.78, 5) is 11.0. The van der Waals surface area contributed by atoms with Gasteiger partial charge in [-0.25, -0.2) is 8.42 Å². The van der Waals surface area contributed by atoms with Crippen LogP contribution in [0.3, 0.4) is 0 Å². The molecule has 9 nitrogen and oxygen atoms in total. The molecule has 2 aromatic carbocycles. The van der Waals surface area contributed by atoms with E-state index in [1.165, 1.54) is 43.4 Å². The van der Waals surface area contributed by atoms with E-state index in [-0.39, 0.29) is 16.3 Å². The van der Waals surface area contributed by atoms with Gasteiger partial charge in [0.25, 0.3) is 5.91 Å². The zero-order valence-corrected chi connectivity index (χ0v) is 15.9. The maximum absolute atomic E-state index is 12.6. The summed E-state index contributed by atoms with van der Waals surface area (Å²) in [5.41, 5.74) is 0.585. The monoisotopic (exact) mass is 409 g/mol. The first-order chi connectivity index (χ1) is 12.6. The summed E-state index contributed by atoms with van der Waals surface area (Å²) in [5, 5.41) is 9.34. The van der Waals surface area contributed by atoms with Crippen LogP contribution < -0.4 is 9.50 Å². The van der Waals surface area contributed by atoms with E-state index in [1.807, 2.05) is 0 Å². The van der Waals surface area contributed by atoms with Crippen LogP contribution >= 0.6 is 0 Å². The van der Waals surface area contributed by atoms with Crippen molar-refractivity contribution < 1.29 is 25.8 Å². The molecule has 0 spiro atoms. The third-order valence-electron chi connectivity index (χ3n) is 3.70. The summed E-state index contributed by atoms with van der Waals surface area (Å²) in [6.45, 7) is 0. The number of hydrogen-bond donors (Lipinski definition) is 2. The Kier molecular flexibility index (Phi) is 4.66. The van der Waals surface area contributed by atoms with Gasteiger partial charge in [0.15, 0.2) is 15.5 Å². The van der Waals surface area contributed by atoms with Crippen molar-refractivity contribution in [1.29, 1.82) is 0 Å². The van der Waals surface area contributed by atoms with Gasteiger partial charge in [0.2, 0.25) is 0 Å². The molecule has 0 atom stereocenters. The molecule has 3 rings (SSSR count). The molecule has 0 aliphatic carbocycles. The highest BCUT2D eigenvalue weighted by Crippen LogP contribution is 2.27. The number of H-pyrrole nitrogens is 1. The Hall–Kier alpha value is -2.92. The number of amides is 1. The highest BCUT2D eigenvalue weighted by Gasteiger charge is 2.26. The van der Waals surface area contributed by atoms with Gasteiger partial charge in [-0.2, -0.15) is 13.5 Å². The SMILES string of the molecule is CNC(=O)c1n[nH]c2ccc(OS(=O)(=O)c3ccccc3S(C)(=O)=O)cc12. The fourth-order valence-corrected chi connectivity index (χ4v) is 5.00. The van der Waals surface area contributed by atoms with Crippen molar-refractivity contribution in [2.24, 2.45) is 0 Å². The van der Waals surface area contributed by atoms with E-state index in [9.17, 15) is 21.6 Å². The standard InChI is InChI=1S/C16H15N3O6S2/c1-17-16(20)15-11-9-10(7-8-12(11)18-19-15)25-27(23,24)14-6-4-3-5-13(14)26(2,21)22/h3-9H,1-2H3,(H,17,20)(H,18,19). The summed E-state index contributed by atoms with van der Waals surface area (Å²) in [5.74, 6) is -0.541. The average Bonchev–Trinajstić information content (AvgIpc) is 3.03. The van der Waals surface area contributed by atoms with E-state index in [4.69, 9.17) is 4.18 Å². The number of carbonyl (C=O) groups is 1. The van der Waals surface area contributed by atoms with Crippen molar-refractivity contribution >= 4 is 36.8 Å². The molecule has 3 aromatic rings. The van der Waals surface area contributed by atoms with Crippen LogP contribution in [0, 0.1) is 0 Å². The minimum atomic E-state index is -4.43. The number of fused-ring (bicyclic) bond motifs is 1. The summed E-state index contributed by atoms with van der Waals surface area (Å²) < 4.78 is 54.1. The Morgan fingerprint density at radius 2 is 1.74 bits per heavy atom.